The molecule has 23 heavy (non-hydrogen) atoms. The molecule has 3 rings (SSSR count). The minimum absolute atomic E-state index is 0. The van der Waals surface area contributed by atoms with Crippen molar-refractivity contribution >= 4 is 29.9 Å². The zero-order valence-electron chi connectivity index (χ0n) is 14.3. The van der Waals surface area contributed by atoms with Crippen molar-refractivity contribution in [1.29, 1.82) is 0 Å². The van der Waals surface area contributed by atoms with Crippen molar-refractivity contribution < 1.29 is 0 Å². The van der Waals surface area contributed by atoms with E-state index >= 15 is 0 Å². The first kappa shape index (κ1) is 18.5. The van der Waals surface area contributed by atoms with Gasteiger partial charge in [-0.15, -0.1) is 34.2 Å². The van der Waals surface area contributed by atoms with Crippen molar-refractivity contribution in [2.45, 2.75) is 59.0 Å². The van der Waals surface area contributed by atoms with Gasteiger partial charge in [0.2, 0.25) is 0 Å². The highest BCUT2D eigenvalue weighted by Gasteiger charge is 2.19. The van der Waals surface area contributed by atoms with E-state index in [9.17, 15) is 0 Å². The third kappa shape index (κ3) is 4.58. The van der Waals surface area contributed by atoms with Gasteiger partial charge in [-0.2, -0.15) is 0 Å². The number of nitrogens with zero attached hydrogens (tertiary/aromatic N) is 5. The normalized spacial score (nSPS) is 19.2. The third-order valence-corrected chi connectivity index (χ3v) is 4.72. The SMILES string of the molecule is CCNC(=NCc1nnc2n1CCCC2)N1CCC(C)CC1.I. The Hall–Kier alpha value is -0.860. The number of aliphatic imine (C=N–C) groups is 1. The minimum atomic E-state index is 0. The van der Waals surface area contributed by atoms with Gasteiger partial charge >= 0.3 is 0 Å². The van der Waals surface area contributed by atoms with E-state index in [0.29, 0.717) is 6.54 Å². The van der Waals surface area contributed by atoms with Crippen LogP contribution in [0.5, 0.6) is 0 Å². The maximum absolute atomic E-state index is 4.82. The lowest BCUT2D eigenvalue weighted by Gasteiger charge is -2.33. The number of aromatic nitrogens is 3. The molecule has 0 amide bonds. The third-order valence-electron chi connectivity index (χ3n) is 4.72. The van der Waals surface area contributed by atoms with Crippen LogP contribution in [0.3, 0.4) is 0 Å². The van der Waals surface area contributed by atoms with E-state index in [4.69, 9.17) is 4.99 Å². The summed E-state index contributed by atoms with van der Waals surface area (Å²) in [7, 11) is 0. The van der Waals surface area contributed by atoms with Crippen LogP contribution in [0.25, 0.3) is 0 Å². The fourth-order valence-corrected chi connectivity index (χ4v) is 3.28. The summed E-state index contributed by atoms with van der Waals surface area (Å²) in [4.78, 5) is 7.21. The standard InChI is InChI=1S/C16H28N6.HI/c1-3-17-16(21-10-7-13(2)8-11-21)18-12-15-20-19-14-6-4-5-9-22(14)15;/h13H,3-12H2,1-2H3,(H,17,18);1H. The van der Waals surface area contributed by atoms with Crippen LogP contribution in [0, 0.1) is 5.92 Å². The number of hydrogen-bond donors (Lipinski definition) is 1. The van der Waals surface area contributed by atoms with Crippen LogP contribution in [0.1, 0.15) is 51.2 Å². The molecule has 130 valence electrons. The Labute approximate surface area is 156 Å². The van der Waals surface area contributed by atoms with Gasteiger partial charge in [0.15, 0.2) is 11.8 Å². The summed E-state index contributed by atoms with van der Waals surface area (Å²) in [6.45, 7) is 9.25. The Kier molecular flexibility index (Phi) is 7.10. The smallest absolute Gasteiger partial charge is 0.194 e. The Bertz CT molecular complexity index is 519. The summed E-state index contributed by atoms with van der Waals surface area (Å²) >= 11 is 0. The fourth-order valence-electron chi connectivity index (χ4n) is 3.28. The van der Waals surface area contributed by atoms with Crippen LogP contribution in [0.15, 0.2) is 4.99 Å². The molecule has 0 aromatic carbocycles. The van der Waals surface area contributed by atoms with Crippen LogP contribution in [-0.2, 0) is 19.5 Å². The van der Waals surface area contributed by atoms with Gasteiger partial charge in [0, 0.05) is 32.6 Å². The molecule has 7 heteroatoms. The van der Waals surface area contributed by atoms with Crippen molar-refractivity contribution in [3.05, 3.63) is 11.6 Å². The second kappa shape index (κ2) is 8.84. The lowest BCUT2D eigenvalue weighted by Crippen LogP contribution is -2.45. The van der Waals surface area contributed by atoms with Gasteiger partial charge in [0.25, 0.3) is 0 Å². The number of hydrogen-bond acceptors (Lipinski definition) is 3. The first-order chi connectivity index (χ1) is 10.8. The average Bonchev–Trinajstić information content (AvgIpc) is 2.96. The molecule has 0 atom stereocenters. The molecule has 1 aromatic heterocycles. The number of fused-ring (bicyclic) bond motifs is 1. The largest absolute Gasteiger partial charge is 0.357 e. The number of piperidine rings is 1. The van der Waals surface area contributed by atoms with Crippen LogP contribution in [0.4, 0.5) is 0 Å². The number of nitrogens with one attached hydrogen (secondary N) is 1. The zero-order valence-corrected chi connectivity index (χ0v) is 16.6. The summed E-state index contributed by atoms with van der Waals surface area (Å²) in [6.07, 6.45) is 6.03. The molecule has 3 heterocycles. The lowest BCUT2D eigenvalue weighted by molar-refractivity contribution is 0.273. The first-order valence-electron chi connectivity index (χ1n) is 8.72. The van der Waals surface area contributed by atoms with Gasteiger partial charge in [0.1, 0.15) is 12.4 Å². The van der Waals surface area contributed by atoms with E-state index in [1.54, 1.807) is 0 Å². The second-order valence-corrected chi connectivity index (χ2v) is 6.48. The molecule has 1 fully saturated rings. The molecule has 0 spiro atoms. The van der Waals surface area contributed by atoms with E-state index in [0.717, 1.165) is 56.1 Å². The molecule has 0 radical (unpaired) electrons. The van der Waals surface area contributed by atoms with Gasteiger partial charge < -0.3 is 14.8 Å². The summed E-state index contributed by atoms with van der Waals surface area (Å²) < 4.78 is 2.26. The molecule has 0 saturated carbocycles. The average molecular weight is 432 g/mol. The summed E-state index contributed by atoms with van der Waals surface area (Å²) in [5.41, 5.74) is 0. The quantitative estimate of drug-likeness (QED) is 0.453. The first-order valence-corrected chi connectivity index (χ1v) is 8.72. The van der Waals surface area contributed by atoms with Crippen molar-refractivity contribution in [3.63, 3.8) is 0 Å². The van der Waals surface area contributed by atoms with E-state index in [1.165, 1.54) is 25.7 Å². The Balaban J connectivity index is 0.00000192. The Morgan fingerprint density at radius 2 is 2.00 bits per heavy atom. The van der Waals surface area contributed by atoms with Crippen LogP contribution in [-0.4, -0.2) is 45.3 Å². The van der Waals surface area contributed by atoms with Gasteiger partial charge in [-0.3, -0.25) is 0 Å². The van der Waals surface area contributed by atoms with Crippen molar-refractivity contribution in [2.75, 3.05) is 19.6 Å². The Morgan fingerprint density at radius 1 is 1.22 bits per heavy atom. The molecule has 0 aliphatic carbocycles. The molecule has 0 unspecified atom stereocenters. The van der Waals surface area contributed by atoms with E-state index in [1.807, 2.05) is 0 Å². The maximum Gasteiger partial charge on any atom is 0.194 e. The fraction of sp³-hybridized carbons (Fsp3) is 0.812. The second-order valence-electron chi connectivity index (χ2n) is 6.48. The zero-order chi connectivity index (χ0) is 15.4. The maximum atomic E-state index is 4.82. The molecule has 2 aliphatic heterocycles. The van der Waals surface area contributed by atoms with E-state index in [2.05, 4.69) is 38.8 Å². The summed E-state index contributed by atoms with van der Waals surface area (Å²) in [5.74, 6) is 4.01. The molecule has 6 nitrogen and oxygen atoms in total. The molecule has 1 N–H and O–H groups in total. The van der Waals surface area contributed by atoms with Crippen molar-refractivity contribution in [2.24, 2.45) is 10.9 Å². The highest BCUT2D eigenvalue weighted by Crippen LogP contribution is 2.17. The molecular weight excluding hydrogens is 403 g/mol. The minimum Gasteiger partial charge on any atom is -0.357 e. The van der Waals surface area contributed by atoms with Crippen molar-refractivity contribution in [1.82, 2.24) is 25.0 Å². The lowest BCUT2D eigenvalue weighted by atomic mass is 10.00. The topological polar surface area (TPSA) is 58.3 Å². The molecule has 2 aliphatic rings. The Morgan fingerprint density at radius 3 is 2.74 bits per heavy atom. The monoisotopic (exact) mass is 432 g/mol. The van der Waals surface area contributed by atoms with Crippen LogP contribution in [0.2, 0.25) is 0 Å². The molecule has 1 aromatic rings. The van der Waals surface area contributed by atoms with Crippen LogP contribution >= 0.6 is 24.0 Å². The molecular formula is C16H29IN6. The van der Waals surface area contributed by atoms with E-state index < -0.39 is 0 Å². The summed E-state index contributed by atoms with van der Waals surface area (Å²) in [5, 5.41) is 12.1. The van der Waals surface area contributed by atoms with Gasteiger partial charge in [0.05, 0.1) is 0 Å². The van der Waals surface area contributed by atoms with Gasteiger partial charge in [-0.1, -0.05) is 6.92 Å². The number of halogens is 1. The molecule has 1 saturated heterocycles. The van der Waals surface area contributed by atoms with Crippen LogP contribution < -0.4 is 5.32 Å². The predicted octanol–water partition coefficient (Wildman–Crippen LogP) is 2.43. The van der Waals surface area contributed by atoms with Crippen molar-refractivity contribution in [3.8, 4) is 0 Å². The summed E-state index contributed by atoms with van der Waals surface area (Å²) in [6, 6.07) is 0. The number of guanidine groups is 1. The van der Waals surface area contributed by atoms with Gasteiger partial charge in [-0.05, 0) is 38.5 Å². The number of likely N-dealkylation sites (tertiary alicyclic amines) is 1. The predicted molar refractivity (Wildman–Crippen MR) is 103 cm³/mol. The highest BCUT2D eigenvalue weighted by atomic mass is 127. The molecule has 0 bridgehead atoms. The number of rotatable bonds is 3. The van der Waals surface area contributed by atoms with E-state index in [-0.39, 0.29) is 24.0 Å². The van der Waals surface area contributed by atoms with Gasteiger partial charge in [-0.25, -0.2) is 4.99 Å². The highest BCUT2D eigenvalue weighted by molar-refractivity contribution is 14.0. The number of aryl methyl sites for hydroxylation is 1.